The summed E-state index contributed by atoms with van der Waals surface area (Å²) in [6.07, 6.45) is 2.01. The number of halogens is 1. The Morgan fingerprint density at radius 3 is 2.69 bits per heavy atom. The summed E-state index contributed by atoms with van der Waals surface area (Å²) >= 11 is 5.80. The summed E-state index contributed by atoms with van der Waals surface area (Å²) < 4.78 is 0. The normalized spacial score (nSPS) is 10.6. The van der Waals surface area contributed by atoms with Crippen LogP contribution in [-0.2, 0) is 4.79 Å². The van der Waals surface area contributed by atoms with Crippen molar-refractivity contribution in [2.24, 2.45) is 0 Å². The molecule has 84 valence electrons. The molecule has 6 heteroatoms. The minimum absolute atomic E-state index is 0.167. The molecule has 0 bridgehead atoms. The highest BCUT2D eigenvalue weighted by Crippen LogP contribution is 2.28. The Bertz CT molecular complexity index is 482. The Morgan fingerprint density at radius 1 is 1.56 bits per heavy atom. The third-order valence-corrected chi connectivity index (χ3v) is 2.42. The Balaban J connectivity index is 3.37. The van der Waals surface area contributed by atoms with Gasteiger partial charge in [-0.05, 0) is 24.6 Å². The van der Waals surface area contributed by atoms with Crippen LogP contribution >= 0.6 is 11.6 Å². The minimum Gasteiger partial charge on any atom is -0.478 e. The van der Waals surface area contributed by atoms with Crippen LogP contribution in [0.5, 0.6) is 0 Å². The van der Waals surface area contributed by atoms with E-state index >= 15 is 0 Å². The number of aliphatic carboxylic acids is 1. The molecule has 0 saturated carbocycles. The number of carboxylic acid groups (broad SMARTS) is 1. The molecule has 0 radical (unpaired) electrons. The summed E-state index contributed by atoms with van der Waals surface area (Å²) in [7, 11) is 0. The van der Waals surface area contributed by atoms with Gasteiger partial charge in [-0.1, -0.05) is 11.6 Å². The summed E-state index contributed by atoms with van der Waals surface area (Å²) in [5.74, 6) is -1.17. The van der Waals surface area contributed by atoms with E-state index in [0.717, 1.165) is 6.08 Å². The van der Waals surface area contributed by atoms with Gasteiger partial charge < -0.3 is 5.11 Å². The van der Waals surface area contributed by atoms with Crippen LogP contribution in [0.25, 0.3) is 6.08 Å². The SMILES string of the molecule is Cc1c(Cl)ccc([N+](=O)[O-])c1/C=C/C(=O)O. The van der Waals surface area contributed by atoms with Crippen LogP contribution in [0.1, 0.15) is 11.1 Å². The van der Waals surface area contributed by atoms with Gasteiger partial charge >= 0.3 is 5.97 Å². The van der Waals surface area contributed by atoms with Crippen LogP contribution in [0.3, 0.4) is 0 Å². The van der Waals surface area contributed by atoms with Crippen molar-refractivity contribution in [3.63, 3.8) is 0 Å². The van der Waals surface area contributed by atoms with Crippen molar-refractivity contribution in [3.8, 4) is 0 Å². The largest absolute Gasteiger partial charge is 0.478 e. The van der Waals surface area contributed by atoms with E-state index in [1.807, 2.05) is 0 Å². The van der Waals surface area contributed by atoms with Crippen LogP contribution in [0.2, 0.25) is 5.02 Å². The monoisotopic (exact) mass is 241 g/mol. The maximum absolute atomic E-state index is 10.7. The second-order valence-corrected chi connectivity index (χ2v) is 3.44. The average Bonchev–Trinajstić information content (AvgIpc) is 2.19. The molecule has 1 N–H and O–H groups in total. The van der Waals surface area contributed by atoms with Gasteiger partial charge in [-0.2, -0.15) is 0 Å². The smallest absolute Gasteiger partial charge is 0.328 e. The molecule has 0 aliphatic carbocycles. The summed E-state index contributed by atoms with van der Waals surface area (Å²) in [4.78, 5) is 20.5. The molecule has 0 saturated heterocycles. The van der Waals surface area contributed by atoms with Crippen molar-refractivity contribution in [1.82, 2.24) is 0 Å². The first kappa shape index (κ1) is 12.2. The van der Waals surface area contributed by atoms with Gasteiger partial charge in [0.25, 0.3) is 5.69 Å². The lowest BCUT2D eigenvalue weighted by molar-refractivity contribution is -0.385. The number of hydrogen-bond acceptors (Lipinski definition) is 3. The van der Waals surface area contributed by atoms with Crippen molar-refractivity contribution in [1.29, 1.82) is 0 Å². The van der Waals surface area contributed by atoms with Crippen LogP contribution in [0, 0.1) is 17.0 Å². The van der Waals surface area contributed by atoms with E-state index in [4.69, 9.17) is 16.7 Å². The van der Waals surface area contributed by atoms with Crippen molar-refractivity contribution in [3.05, 3.63) is 44.5 Å². The van der Waals surface area contributed by atoms with Gasteiger partial charge in [-0.25, -0.2) is 4.79 Å². The third-order valence-electron chi connectivity index (χ3n) is 2.02. The molecule has 0 aromatic heterocycles. The first-order chi connectivity index (χ1) is 7.43. The van der Waals surface area contributed by atoms with E-state index in [1.54, 1.807) is 6.92 Å². The van der Waals surface area contributed by atoms with E-state index in [9.17, 15) is 14.9 Å². The van der Waals surface area contributed by atoms with Gasteiger partial charge in [0.15, 0.2) is 0 Å². The topological polar surface area (TPSA) is 80.4 Å². The van der Waals surface area contributed by atoms with Crippen LogP contribution in [-0.4, -0.2) is 16.0 Å². The number of benzene rings is 1. The first-order valence-electron chi connectivity index (χ1n) is 4.28. The van der Waals surface area contributed by atoms with Crippen LogP contribution in [0.15, 0.2) is 18.2 Å². The zero-order valence-electron chi connectivity index (χ0n) is 8.31. The Hall–Kier alpha value is -1.88. The number of carboxylic acids is 1. The maximum Gasteiger partial charge on any atom is 0.328 e. The molecule has 0 unspecified atom stereocenters. The summed E-state index contributed by atoms with van der Waals surface area (Å²) in [5, 5.41) is 19.5. The van der Waals surface area contributed by atoms with E-state index in [0.29, 0.717) is 10.6 Å². The number of hydrogen-bond donors (Lipinski definition) is 1. The predicted octanol–water partition coefficient (Wildman–Crippen LogP) is 2.65. The van der Waals surface area contributed by atoms with E-state index in [1.165, 1.54) is 18.2 Å². The lowest BCUT2D eigenvalue weighted by Crippen LogP contribution is -1.95. The number of carbonyl (C=O) groups is 1. The number of nitro benzene ring substituents is 1. The molecule has 0 spiro atoms. The van der Waals surface area contributed by atoms with Gasteiger partial charge in [0.1, 0.15) is 0 Å². The predicted molar refractivity (Wildman–Crippen MR) is 59.5 cm³/mol. The van der Waals surface area contributed by atoms with Crippen molar-refractivity contribution in [2.45, 2.75) is 6.92 Å². The molecule has 1 rings (SSSR count). The second-order valence-electron chi connectivity index (χ2n) is 3.03. The summed E-state index contributed by atoms with van der Waals surface area (Å²) in [5.41, 5.74) is 0.521. The fourth-order valence-corrected chi connectivity index (χ4v) is 1.38. The van der Waals surface area contributed by atoms with Crippen LogP contribution < -0.4 is 0 Å². The van der Waals surface area contributed by atoms with Crippen LogP contribution in [0.4, 0.5) is 5.69 Å². The first-order valence-corrected chi connectivity index (χ1v) is 4.65. The maximum atomic E-state index is 10.7. The minimum atomic E-state index is -1.17. The number of nitro groups is 1. The van der Waals surface area contributed by atoms with Crippen molar-refractivity contribution >= 4 is 29.3 Å². The standard InChI is InChI=1S/C10H8ClNO4/c1-6-7(2-5-10(13)14)9(12(15)16)4-3-8(6)11/h2-5H,1H3,(H,13,14)/b5-2+. The van der Waals surface area contributed by atoms with E-state index in [2.05, 4.69) is 0 Å². The average molecular weight is 242 g/mol. The molecule has 0 amide bonds. The van der Waals surface area contributed by atoms with Gasteiger partial charge in [-0.3, -0.25) is 10.1 Å². The molecule has 0 heterocycles. The van der Waals surface area contributed by atoms with Gasteiger partial charge in [-0.15, -0.1) is 0 Å². The highest BCUT2D eigenvalue weighted by molar-refractivity contribution is 6.31. The summed E-state index contributed by atoms with van der Waals surface area (Å²) in [6, 6.07) is 2.66. The highest BCUT2D eigenvalue weighted by Gasteiger charge is 2.15. The number of rotatable bonds is 3. The second kappa shape index (κ2) is 4.76. The molecule has 0 aliphatic rings. The molecule has 1 aromatic carbocycles. The van der Waals surface area contributed by atoms with E-state index < -0.39 is 10.9 Å². The van der Waals surface area contributed by atoms with E-state index in [-0.39, 0.29) is 11.3 Å². The van der Waals surface area contributed by atoms with Gasteiger partial charge in [0.2, 0.25) is 0 Å². The van der Waals surface area contributed by atoms with Gasteiger partial charge in [0, 0.05) is 17.2 Å². The van der Waals surface area contributed by atoms with Crippen molar-refractivity contribution in [2.75, 3.05) is 0 Å². The number of nitrogens with zero attached hydrogens (tertiary/aromatic N) is 1. The lowest BCUT2D eigenvalue weighted by atomic mass is 10.1. The zero-order valence-corrected chi connectivity index (χ0v) is 9.06. The third kappa shape index (κ3) is 2.58. The fourth-order valence-electron chi connectivity index (χ4n) is 1.21. The quantitative estimate of drug-likeness (QED) is 0.501. The lowest BCUT2D eigenvalue weighted by Gasteiger charge is -2.03. The highest BCUT2D eigenvalue weighted by atomic mass is 35.5. The van der Waals surface area contributed by atoms with Gasteiger partial charge in [0.05, 0.1) is 10.5 Å². The zero-order chi connectivity index (χ0) is 12.3. The molecule has 0 fully saturated rings. The Morgan fingerprint density at radius 2 is 2.19 bits per heavy atom. The molecular formula is C10H8ClNO4. The molecule has 5 nitrogen and oxygen atoms in total. The molecular weight excluding hydrogens is 234 g/mol. The Labute approximate surface area is 96.1 Å². The molecule has 0 atom stereocenters. The molecule has 16 heavy (non-hydrogen) atoms. The Kier molecular flexibility index (Phi) is 3.63. The summed E-state index contributed by atoms with van der Waals surface area (Å²) in [6.45, 7) is 1.59. The van der Waals surface area contributed by atoms with Crippen molar-refractivity contribution < 1.29 is 14.8 Å². The molecule has 0 aliphatic heterocycles. The molecule has 1 aromatic rings. The fraction of sp³-hybridized carbons (Fsp3) is 0.100.